The first kappa shape index (κ1) is 10.5. The molecular weight excluding hydrogens is 207 g/mol. The van der Waals surface area contributed by atoms with E-state index in [1.807, 2.05) is 0 Å². The van der Waals surface area contributed by atoms with Crippen LogP contribution in [0.4, 0.5) is 4.39 Å². The highest BCUT2D eigenvalue weighted by Crippen LogP contribution is 2.23. The molecular formula is C9H12ClFOSi. The van der Waals surface area contributed by atoms with Crippen molar-refractivity contribution < 1.29 is 8.82 Å². The Morgan fingerprint density at radius 1 is 1.31 bits per heavy atom. The average Bonchev–Trinajstić information content (AvgIpc) is 1.94. The largest absolute Gasteiger partial charge is 0.544 e. The first-order chi connectivity index (χ1) is 5.88. The van der Waals surface area contributed by atoms with Crippen molar-refractivity contribution in [2.45, 2.75) is 19.6 Å². The Morgan fingerprint density at radius 2 is 1.92 bits per heavy atom. The highest BCUT2D eigenvalue weighted by Gasteiger charge is 2.16. The average molecular weight is 219 g/mol. The van der Waals surface area contributed by atoms with Gasteiger partial charge in [0.2, 0.25) is 8.32 Å². The van der Waals surface area contributed by atoms with Gasteiger partial charge in [-0.3, -0.25) is 0 Å². The van der Waals surface area contributed by atoms with Crippen LogP contribution in [0.5, 0.6) is 5.75 Å². The molecule has 72 valence electrons. The van der Waals surface area contributed by atoms with Crippen LogP contribution < -0.4 is 4.43 Å². The molecule has 0 spiro atoms. The maximum Gasteiger partial charge on any atom is 0.242 e. The molecule has 0 N–H and O–H groups in total. The maximum absolute atomic E-state index is 12.8. The van der Waals surface area contributed by atoms with E-state index < -0.39 is 14.1 Å². The van der Waals surface area contributed by atoms with Gasteiger partial charge in [-0.05, 0) is 31.8 Å². The number of rotatable bonds is 2. The predicted molar refractivity (Wildman–Crippen MR) is 55.4 cm³/mol. The molecule has 0 bridgehead atoms. The maximum atomic E-state index is 12.8. The topological polar surface area (TPSA) is 9.23 Å². The molecule has 0 saturated heterocycles. The number of hydrogen-bond donors (Lipinski definition) is 0. The Kier molecular flexibility index (Phi) is 2.98. The first-order valence-corrected chi connectivity index (χ1v) is 7.81. The molecule has 0 amide bonds. The number of halogens is 2. The number of hydrogen-bond acceptors (Lipinski definition) is 1. The van der Waals surface area contributed by atoms with Crippen LogP contribution in [0.2, 0.25) is 24.7 Å². The fraction of sp³-hybridized carbons (Fsp3) is 0.333. The van der Waals surface area contributed by atoms with Crippen LogP contribution in [-0.2, 0) is 0 Å². The lowest BCUT2D eigenvalue weighted by Gasteiger charge is -2.19. The van der Waals surface area contributed by atoms with Crippen molar-refractivity contribution in [1.82, 2.24) is 0 Å². The van der Waals surface area contributed by atoms with E-state index in [-0.39, 0.29) is 5.02 Å². The van der Waals surface area contributed by atoms with Gasteiger partial charge >= 0.3 is 0 Å². The van der Waals surface area contributed by atoms with E-state index in [1.54, 1.807) is 6.07 Å². The van der Waals surface area contributed by atoms with E-state index in [9.17, 15) is 4.39 Å². The standard InChI is InChI=1S/C9H12ClFOSi/c1-13(2,3)12-7-4-5-9(11)8(10)6-7/h4-6H,1-3H3. The van der Waals surface area contributed by atoms with E-state index in [4.69, 9.17) is 16.0 Å². The Bertz CT molecular complexity index is 309. The van der Waals surface area contributed by atoms with Crippen LogP contribution in [0.25, 0.3) is 0 Å². The lowest BCUT2D eigenvalue weighted by atomic mass is 10.3. The highest BCUT2D eigenvalue weighted by atomic mass is 35.5. The zero-order valence-corrected chi connectivity index (χ0v) is 9.65. The summed E-state index contributed by atoms with van der Waals surface area (Å²) < 4.78 is 18.4. The quantitative estimate of drug-likeness (QED) is 0.688. The van der Waals surface area contributed by atoms with Gasteiger partial charge in [0.05, 0.1) is 5.02 Å². The van der Waals surface area contributed by atoms with Gasteiger partial charge < -0.3 is 4.43 Å². The summed E-state index contributed by atoms with van der Waals surface area (Å²) >= 11 is 5.60. The minimum Gasteiger partial charge on any atom is -0.544 e. The van der Waals surface area contributed by atoms with Gasteiger partial charge in [-0.25, -0.2) is 4.39 Å². The normalized spacial score (nSPS) is 11.5. The van der Waals surface area contributed by atoms with Crippen molar-refractivity contribution >= 4 is 19.9 Å². The Hall–Kier alpha value is -0.543. The lowest BCUT2D eigenvalue weighted by Crippen LogP contribution is -2.29. The summed E-state index contributed by atoms with van der Waals surface area (Å²) in [7, 11) is -1.62. The molecule has 1 aromatic rings. The summed E-state index contributed by atoms with van der Waals surface area (Å²) in [5.74, 6) is 0.232. The summed E-state index contributed by atoms with van der Waals surface area (Å²) in [6.07, 6.45) is 0. The summed E-state index contributed by atoms with van der Waals surface area (Å²) in [5.41, 5.74) is 0. The minimum atomic E-state index is -1.62. The van der Waals surface area contributed by atoms with Gasteiger partial charge in [-0.2, -0.15) is 0 Å². The van der Waals surface area contributed by atoms with Gasteiger partial charge in [0.25, 0.3) is 0 Å². The molecule has 4 heteroatoms. The molecule has 1 aromatic carbocycles. The lowest BCUT2D eigenvalue weighted by molar-refractivity contribution is 0.552. The van der Waals surface area contributed by atoms with E-state index in [0.29, 0.717) is 5.75 Å². The van der Waals surface area contributed by atoms with Crippen molar-refractivity contribution in [3.63, 3.8) is 0 Å². The van der Waals surface area contributed by atoms with Crippen LogP contribution in [-0.4, -0.2) is 8.32 Å². The van der Waals surface area contributed by atoms with Crippen molar-refractivity contribution in [3.05, 3.63) is 29.0 Å². The molecule has 0 aromatic heterocycles. The van der Waals surface area contributed by atoms with Crippen LogP contribution in [0.15, 0.2) is 18.2 Å². The van der Waals surface area contributed by atoms with Crippen LogP contribution >= 0.6 is 11.6 Å². The molecule has 0 aliphatic rings. The van der Waals surface area contributed by atoms with Crippen LogP contribution in [0.3, 0.4) is 0 Å². The van der Waals surface area contributed by atoms with Crippen LogP contribution in [0.1, 0.15) is 0 Å². The van der Waals surface area contributed by atoms with E-state index >= 15 is 0 Å². The monoisotopic (exact) mass is 218 g/mol. The van der Waals surface area contributed by atoms with E-state index in [1.165, 1.54) is 12.1 Å². The highest BCUT2D eigenvalue weighted by molar-refractivity contribution is 6.70. The predicted octanol–water partition coefficient (Wildman–Crippen LogP) is 3.69. The summed E-state index contributed by atoms with van der Waals surface area (Å²) in [6, 6.07) is 4.42. The third-order valence-electron chi connectivity index (χ3n) is 1.32. The molecule has 0 heterocycles. The smallest absolute Gasteiger partial charge is 0.242 e. The summed E-state index contributed by atoms with van der Waals surface area (Å²) in [4.78, 5) is 0. The van der Waals surface area contributed by atoms with E-state index in [0.717, 1.165) is 0 Å². The van der Waals surface area contributed by atoms with Crippen molar-refractivity contribution in [1.29, 1.82) is 0 Å². The summed E-state index contributed by atoms with van der Waals surface area (Å²) in [5, 5.41) is 0.107. The second-order valence-corrected chi connectivity index (χ2v) is 8.63. The first-order valence-electron chi connectivity index (χ1n) is 4.02. The van der Waals surface area contributed by atoms with Gasteiger partial charge in [0.15, 0.2) is 0 Å². The molecule has 0 aliphatic heterocycles. The Balaban J connectivity index is 2.86. The molecule has 1 rings (SSSR count). The molecule has 1 nitrogen and oxygen atoms in total. The fourth-order valence-electron chi connectivity index (χ4n) is 0.894. The van der Waals surface area contributed by atoms with Gasteiger partial charge in [0.1, 0.15) is 11.6 Å². The second-order valence-electron chi connectivity index (χ2n) is 3.79. The second kappa shape index (κ2) is 3.68. The van der Waals surface area contributed by atoms with Crippen molar-refractivity contribution in [3.8, 4) is 5.75 Å². The Morgan fingerprint density at radius 3 is 2.38 bits per heavy atom. The summed E-state index contributed by atoms with van der Waals surface area (Å²) in [6.45, 7) is 6.18. The molecule has 0 atom stereocenters. The van der Waals surface area contributed by atoms with Crippen LogP contribution in [0, 0.1) is 5.82 Å². The Labute approximate surface area is 83.6 Å². The van der Waals surface area contributed by atoms with E-state index in [2.05, 4.69) is 19.6 Å². The minimum absolute atomic E-state index is 0.107. The van der Waals surface area contributed by atoms with Crippen molar-refractivity contribution in [2.24, 2.45) is 0 Å². The third kappa shape index (κ3) is 3.36. The molecule has 0 fully saturated rings. The van der Waals surface area contributed by atoms with Crippen molar-refractivity contribution in [2.75, 3.05) is 0 Å². The molecule has 0 radical (unpaired) electrons. The molecule has 13 heavy (non-hydrogen) atoms. The van der Waals surface area contributed by atoms with Gasteiger partial charge in [-0.1, -0.05) is 11.6 Å². The van der Waals surface area contributed by atoms with Gasteiger partial charge in [0, 0.05) is 6.07 Å². The zero-order valence-electron chi connectivity index (χ0n) is 7.90. The fourth-order valence-corrected chi connectivity index (χ4v) is 1.90. The molecule has 0 aliphatic carbocycles. The number of benzene rings is 1. The third-order valence-corrected chi connectivity index (χ3v) is 2.45. The molecule has 0 saturated carbocycles. The SMILES string of the molecule is C[Si](C)(C)Oc1ccc(F)c(Cl)c1. The zero-order chi connectivity index (χ0) is 10.1. The van der Waals surface area contributed by atoms with Gasteiger partial charge in [-0.15, -0.1) is 0 Å². The molecule has 0 unspecified atom stereocenters.